The average molecular weight is 419 g/mol. The maximum atomic E-state index is 11.7. The number of carbonyl (C=O) groups is 2. The molecule has 7 nitrogen and oxygen atoms in total. The predicted octanol–water partition coefficient (Wildman–Crippen LogP) is 3.94. The normalized spacial score (nSPS) is 14.7. The number of benzene rings is 2. The van der Waals surface area contributed by atoms with Crippen molar-refractivity contribution >= 4 is 34.7 Å². The summed E-state index contributed by atoms with van der Waals surface area (Å²) in [5, 5.41) is 12.1. The summed E-state index contributed by atoms with van der Waals surface area (Å²) in [7, 11) is 0. The molecule has 2 amide bonds. The van der Waals surface area contributed by atoms with Gasteiger partial charge in [-0.1, -0.05) is 36.4 Å². The van der Waals surface area contributed by atoms with Crippen molar-refractivity contribution < 1.29 is 19.4 Å². The lowest BCUT2D eigenvalue weighted by Gasteiger charge is -2.12. The first-order valence-electron chi connectivity index (χ1n) is 9.00. The second-order valence-electron chi connectivity index (χ2n) is 6.52. The first-order valence-corrected chi connectivity index (χ1v) is 9.82. The maximum absolute atomic E-state index is 11.7. The molecule has 0 unspecified atom stereocenters. The fraction of sp³-hybridized carbons (Fsp3) is 0.0455. The summed E-state index contributed by atoms with van der Waals surface area (Å²) in [6.45, 7) is 0.287. The number of rotatable bonds is 5. The van der Waals surface area contributed by atoms with Gasteiger partial charge in [-0.3, -0.25) is 19.9 Å². The van der Waals surface area contributed by atoms with E-state index in [1.54, 1.807) is 36.5 Å². The summed E-state index contributed by atoms with van der Waals surface area (Å²) in [5.41, 5.74) is 9.07. The number of phenolic OH excluding ortho intramolecular Hbond substituents is 1. The molecular weight excluding hydrogens is 402 g/mol. The van der Waals surface area contributed by atoms with Crippen molar-refractivity contribution in [3.05, 3.63) is 76.8 Å². The molecule has 1 saturated heterocycles. The largest absolute Gasteiger partial charge is 0.503 e. The van der Waals surface area contributed by atoms with Crippen LogP contribution < -0.4 is 15.8 Å². The van der Waals surface area contributed by atoms with Crippen molar-refractivity contribution in [1.29, 1.82) is 0 Å². The van der Waals surface area contributed by atoms with Gasteiger partial charge in [0.25, 0.3) is 11.1 Å². The van der Waals surface area contributed by atoms with Crippen LogP contribution in [0.2, 0.25) is 0 Å². The Bertz CT molecular complexity index is 1150. The number of nitrogen functional groups attached to an aromatic ring is 1. The third kappa shape index (κ3) is 4.28. The number of carbonyl (C=O) groups excluding carboxylic acids is 2. The minimum atomic E-state index is -0.416. The number of amides is 2. The molecule has 0 atom stereocenters. The summed E-state index contributed by atoms with van der Waals surface area (Å²) in [4.78, 5) is 27.6. The first-order chi connectivity index (χ1) is 14.5. The molecule has 150 valence electrons. The summed E-state index contributed by atoms with van der Waals surface area (Å²) < 4.78 is 5.75. The maximum Gasteiger partial charge on any atom is 0.290 e. The van der Waals surface area contributed by atoms with E-state index in [0.29, 0.717) is 21.7 Å². The van der Waals surface area contributed by atoms with Gasteiger partial charge < -0.3 is 15.6 Å². The Hall–Kier alpha value is -3.78. The van der Waals surface area contributed by atoms with Gasteiger partial charge in [-0.15, -0.1) is 0 Å². The van der Waals surface area contributed by atoms with Gasteiger partial charge in [0.05, 0.1) is 16.3 Å². The molecule has 1 aliphatic heterocycles. The van der Waals surface area contributed by atoms with E-state index >= 15 is 0 Å². The number of phenols is 1. The average Bonchev–Trinajstić information content (AvgIpc) is 3.07. The number of nitrogens with zero attached hydrogens (tertiary/aromatic N) is 1. The van der Waals surface area contributed by atoms with Gasteiger partial charge in [-0.2, -0.15) is 0 Å². The Morgan fingerprint density at radius 3 is 2.60 bits per heavy atom. The highest BCUT2D eigenvalue weighted by Gasteiger charge is 2.24. The van der Waals surface area contributed by atoms with Gasteiger partial charge in [-0.25, -0.2) is 0 Å². The van der Waals surface area contributed by atoms with Crippen molar-refractivity contribution in [2.75, 3.05) is 5.73 Å². The number of aromatic nitrogens is 1. The van der Waals surface area contributed by atoms with Crippen LogP contribution in [0.1, 0.15) is 11.1 Å². The Morgan fingerprint density at radius 2 is 1.93 bits per heavy atom. The number of imide groups is 1. The molecule has 0 saturated carbocycles. The van der Waals surface area contributed by atoms with E-state index in [1.807, 2.05) is 30.3 Å². The third-order valence-corrected chi connectivity index (χ3v) is 5.17. The van der Waals surface area contributed by atoms with Crippen molar-refractivity contribution in [3.8, 4) is 22.8 Å². The zero-order valence-corrected chi connectivity index (χ0v) is 16.5. The van der Waals surface area contributed by atoms with Crippen LogP contribution in [-0.2, 0) is 11.4 Å². The Balaban J connectivity index is 1.56. The van der Waals surface area contributed by atoms with E-state index in [2.05, 4.69) is 10.3 Å². The first kappa shape index (κ1) is 19.5. The molecule has 2 aromatic carbocycles. The van der Waals surface area contributed by atoms with E-state index in [0.717, 1.165) is 17.3 Å². The number of thioether (sulfide) groups is 1. The molecule has 0 aliphatic carbocycles. The van der Waals surface area contributed by atoms with Crippen molar-refractivity contribution in [2.24, 2.45) is 0 Å². The van der Waals surface area contributed by atoms with Crippen molar-refractivity contribution in [3.63, 3.8) is 0 Å². The lowest BCUT2D eigenvalue weighted by molar-refractivity contribution is -0.115. The fourth-order valence-corrected chi connectivity index (χ4v) is 3.54. The molecule has 0 radical (unpaired) electrons. The molecule has 4 rings (SSSR count). The summed E-state index contributed by atoms with van der Waals surface area (Å²) in [6.07, 6.45) is 3.19. The third-order valence-electron chi connectivity index (χ3n) is 4.36. The number of hydrogen-bond acceptors (Lipinski definition) is 7. The number of nitrogens with one attached hydrogen (secondary N) is 1. The van der Waals surface area contributed by atoms with Crippen LogP contribution in [0.4, 0.5) is 10.5 Å². The molecule has 8 heteroatoms. The van der Waals surface area contributed by atoms with E-state index in [4.69, 9.17) is 10.5 Å². The molecular formula is C22H17N3O4S. The van der Waals surface area contributed by atoms with E-state index in [9.17, 15) is 14.7 Å². The zero-order valence-electron chi connectivity index (χ0n) is 15.7. The number of nitrogens with two attached hydrogens (primary N) is 1. The highest BCUT2D eigenvalue weighted by Crippen LogP contribution is 2.37. The Labute approximate surface area is 176 Å². The second kappa shape index (κ2) is 8.30. The summed E-state index contributed by atoms with van der Waals surface area (Å²) in [5.74, 6) is -0.273. The summed E-state index contributed by atoms with van der Waals surface area (Å²) >= 11 is 0.851. The molecule has 0 bridgehead atoms. The Kier molecular flexibility index (Phi) is 5.40. The Morgan fingerprint density at radius 1 is 1.13 bits per heavy atom. The van der Waals surface area contributed by atoms with Crippen molar-refractivity contribution in [1.82, 2.24) is 10.3 Å². The number of pyridine rings is 1. The van der Waals surface area contributed by atoms with E-state index < -0.39 is 11.1 Å². The van der Waals surface area contributed by atoms with Crippen LogP contribution >= 0.6 is 11.8 Å². The molecule has 4 N–H and O–H groups in total. The van der Waals surface area contributed by atoms with Gasteiger partial charge in [0.1, 0.15) is 6.61 Å². The van der Waals surface area contributed by atoms with Gasteiger partial charge in [0.15, 0.2) is 11.5 Å². The summed E-state index contributed by atoms with van der Waals surface area (Å²) in [6, 6.07) is 16.4. The van der Waals surface area contributed by atoms with Crippen LogP contribution in [0.5, 0.6) is 11.5 Å². The lowest BCUT2D eigenvalue weighted by Crippen LogP contribution is -2.17. The molecule has 0 spiro atoms. The van der Waals surface area contributed by atoms with E-state index in [-0.39, 0.29) is 23.8 Å². The molecule has 1 aliphatic rings. The van der Waals surface area contributed by atoms with Crippen LogP contribution in [0.3, 0.4) is 0 Å². The smallest absolute Gasteiger partial charge is 0.290 e. The van der Waals surface area contributed by atoms with Gasteiger partial charge in [0.2, 0.25) is 0 Å². The quantitative estimate of drug-likeness (QED) is 0.326. The molecule has 1 aromatic heterocycles. The number of ether oxygens (including phenoxy) is 1. The SMILES string of the molecule is Nc1cc(-c2ccc(C=C3SC(=O)NC3=O)cn2)cc(OCc2ccccc2)c1O. The fourth-order valence-electron chi connectivity index (χ4n) is 2.86. The number of aromatic hydroxyl groups is 1. The minimum absolute atomic E-state index is 0.120. The standard InChI is InChI=1S/C22H17N3O4S/c23-16-9-15(10-18(20(16)26)29-12-13-4-2-1-3-5-13)17-7-6-14(11-24-17)8-19-21(27)25-22(28)30-19/h1-11,26H,12,23H2,(H,25,27,28). The van der Waals surface area contributed by atoms with Gasteiger partial charge in [-0.05, 0) is 47.2 Å². The van der Waals surface area contributed by atoms with Crippen molar-refractivity contribution in [2.45, 2.75) is 6.61 Å². The van der Waals surface area contributed by atoms with Crippen LogP contribution in [0.25, 0.3) is 17.3 Å². The molecule has 30 heavy (non-hydrogen) atoms. The van der Waals surface area contributed by atoms with Crippen LogP contribution in [0.15, 0.2) is 65.7 Å². The monoisotopic (exact) mass is 419 g/mol. The molecule has 3 aromatic rings. The number of anilines is 1. The highest BCUT2D eigenvalue weighted by atomic mass is 32.2. The van der Waals surface area contributed by atoms with Gasteiger partial charge >= 0.3 is 0 Å². The second-order valence-corrected chi connectivity index (χ2v) is 7.53. The van der Waals surface area contributed by atoms with Gasteiger partial charge in [0, 0.05) is 11.8 Å². The minimum Gasteiger partial charge on any atom is -0.503 e. The number of hydrogen-bond donors (Lipinski definition) is 3. The zero-order chi connectivity index (χ0) is 21.1. The highest BCUT2D eigenvalue weighted by molar-refractivity contribution is 8.18. The molecule has 2 heterocycles. The molecule has 1 fully saturated rings. The topological polar surface area (TPSA) is 115 Å². The lowest BCUT2D eigenvalue weighted by atomic mass is 10.1. The van der Waals surface area contributed by atoms with E-state index in [1.165, 1.54) is 0 Å². The van der Waals surface area contributed by atoms with Crippen LogP contribution in [-0.4, -0.2) is 21.2 Å². The van der Waals surface area contributed by atoms with Crippen LogP contribution in [0, 0.1) is 0 Å². The predicted molar refractivity (Wildman–Crippen MR) is 116 cm³/mol.